The highest BCUT2D eigenvalue weighted by molar-refractivity contribution is 6.30. The molecule has 0 fully saturated rings. The predicted molar refractivity (Wildman–Crippen MR) is 85.2 cm³/mol. The van der Waals surface area contributed by atoms with Crippen molar-refractivity contribution in [2.75, 3.05) is 0 Å². The van der Waals surface area contributed by atoms with E-state index in [9.17, 15) is 0 Å². The van der Waals surface area contributed by atoms with Crippen molar-refractivity contribution >= 4 is 34.4 Å². The Hall–Kier alpha value is -2.70. The molecule has 4 heteroatoms. The van der Waals surface area contributed by atoms with Gasteiger partial charge in [-0.25, -0.2) is 0 Å². The number of halogens is 1. The first-order chi connectivity index (χ1) is 10.3. The van der Waals surface area contributed by atoms with Gasteiger partial charge in [0, 0.05) is 22.8 Å². The highest BCUT2D eigenvalue weighted by Gasteiger charge is 2.01. The molecular formula is C17H10ClN3. The molecule has 100 valence electrons. The zero-order valence-electron chi connectivity index (χ0n) is 11.0. The summed E-state index contributed by atoms with van der Waals surface area (Å²) in [5, 5.41) is 10.7. The van der Waals surface area contributed by atoms with Crippen LogP contribution in [-0.4, -0.2) is 11.2 Å². The molecule has 0 saturated heterocycles. The number of rotatable bonds is 2. The SMILES string of the molecule is N#Cc1ccc(Cl)cc1N=Cc1ccc2ncccc2c1. The van der Waals surface area contributed by atoms with E-state index in [2.05, 4.69) is 16.0 Å². The van der Waals surface area contributed by atoms with Crippen LogP contribution in [0.1, 0.15) is 11.1 Å². The van der Waals surface area contributed by atoms with E-state index >= 15 is 0 Å². The van der Waals surface area contributed by atoms with Crippen molar-refractivity contribution in [3.8, 4) is 6.07 Å². The maximum Gasteiger partial charge on any atom is 0.101 e. The monoisotopic (exact) mass is 291 g/mol. The van der Waals surface area contributed by atoms with E-state index in [1.807, 2.05) is 30.3 Å². The normalized spacial score (nSPS) is 10.9. The number of hydrogen-bond donors (Lipinski definition) is 0. The fourth-order valence-electron chi connectivity index (χ4n) is 2.02. The Morgan fingerprint density at radius 2 is 2.05 bits per heavy atom. The molecule has 3 nitrogen and oxygen atoms in total. The molecule has 21 heavy (non-hydrogen) atoms. The van der Waals surface area contributed by atoms with Crippen LogP contribution in [0.4, 0.5) is 5.69 Å². The van der Waals surface area contributed by atoms with Gasteiger partial charge in [0.15, 0.2) is 0 Å². The van der Waals surface area contributed by atoms with Gasteiger partial charge in [-0.05, 0) is 42.0 Å². The highest BCUT2D eigenvalue weighted by atomic mass is 35.5. The van der Waals surface area contributed by atoms with E-state index < -0.39 is 0 Å². The summed E-state index contributed by atoms with van der Waals surface area (Å²) in [4.78, 5) is 8.64. The van der Waals surface area contributed by atoms with Crippen molar-refractivity contribution in [1.29, 1.82) is 5.26 Å². The number of hydrogen-bond acceptors (Lipinski definition) is 3. The Morgan fingerprint density at radius 1 is 1.14 bits per heavy atom. The van der Waals surface area contributed by atoms with Crippen molar-refractivity contribution in [2.24, 2.45) is 4.99 Å². The molecule has 0 atom stereocenters. The molecule has 0 unspecified atom stereocenters. The summed E-state index contributed by atoms with van der Waals surface area (Å²) < 4.78 is 0. The molecule has 0 aliphatic heterocycles. The van der Waals surface area contributed by atoms with Crippen LogP contribution in [0.15, 0.2) is 59.7 Å². The van der Waals surface area contributed by atoms with Gasteiger partial charge in [-0.15, -0.1) is 0 Å². The summed E-state index contributed by atoms with van der Waals surface area (Å²) >= 11 is 5.94. The molecule has 3 aromatic rings. The molecule has 1 heterocycles. The second kappa shape index (κ2) is 5.74. The first kappa shape index (κ1) is 13.3. The Labute approximate surface area is 127 Å². The maximum atomic E-state index is 9.07. The number of benzene rings is 2. The van der Waals surface area contributed by atoms with Crippen LogP contribution in [0.2, 0.25) is 5.02 Å². The minimum absolute atomic E-state index is 0.498. The second-order valence-electron chi connectivity index (χ2n) is 4.49. The summed E-state index contributed by atoms with van der Waals surface area (Å²) in [5.41, 5.74) is 2.95. The van der Waals surface area contributed by atoms with Crippen LogP contribution >= 0.6 is 11.6 Å². The zero-order chi connectivity index (χ0) is 14.7. The molecule has 0 saturated carbocycles. The highest BCUT2D eigenvalue weighted by Crippen LogP contribution is 2.23. The molecule has 0 radical (unpaired) electrons. The summed E-state index contributed by atoms with van der Waals surface area (Å²) in [6.45, 7) is 0. The molecule has 0 bridgehead atoms. The molecular weight excluding hydrogens is 282 g/mol. The largest absolute Gasteiger partial charge is 0.256 e. The molecule has 0 amide bonds. The number of nitrogens with zero attached hydrogens (tertiary/aromatic N) is 3. The maximum absolute atomic E-state index is 9.07. The van der Waals surface area contributed by atoms with Crippen LogP contribution in [0.5, 0.6) is 0 Å². The predicted octanol–water partition coefficient (Wildman–Crippen LogP) is 4.51. The van der Waals surface area contributed by atoms with Gasteiger partial charge >= 0.3 is 0 Å². The number of fused-ring (bicyclic) bond motifs is 1. The van der Waals surface area contributed by atoms with E-state index in [1.165, 1.54) is 0 Å². The number of aromatic nitrogens is 1. The smallest absolute Gasteiger partial charge is 0.101 e. The van der Waals surface area contributed by atoms with E-state index in [-0.39, 0.29) is 0 Å². The summed E-state index contributed by atoms with van der Waals surface area (Å²) in [5.74, 6) is 0. The van der Waals surface area contributed by atoms with Crippen LogP contribution < -0.4 is 0 Å². The summed E-state index contributed by atoms with van der Waals surface area (Å²) in [7, 11) is 0. The van der Waals surface area contributed by atoms with Crippen molar-refractivity contribution in [3.63, 3.8) is 0 Å². The molecule has 0 spiro atoms. The van der Waals surface area contributed by atoms with Crippen LogP contribution in [-0.2, 0) is 0 Å². The summed E-state index contributed by atoms with van der Waals surface area (Å²) in [6, 6.07) is 16.9. The molecule has 2 aromatic carbocycles. The van der Waals surface area contributed by atoms with Crippen molar-refractivity contribution < 1.29 is 0 Å². The lowest BCUT2D eigenvalue weighted by Gasteiger charge is -2.00. The lowest BCUT2D eigenvalue weighted by atomic mass is 10.1. The fourth-order valence-corrected chi connectivity index (χ4v) is 2.19. The average Bonchev–Trinajstić information content (AvgIpc) is 2.53. The lowest BCUT2D eigenvalue weighted by molar-refractivity contribution is 1.41. The van der Waals surface area contributed by atoms with Gasteiger partial charge in [0.1, 0.15) is 6.07 Å². The van der Waals surface area contributed by atoms with E-state index in [1.54, 1.807) is 30.6 Å². The van der Waals surface area contributed by atoms with E-state index in [4.69, 9.17) is 16.9 Å². The zero-order valence-corrected chi connectivity index (χ0v) is 11.7. The van der Waals surface area contributed by atoms with Gasteiger partial charge in [0.05, 0.1) is 16.8 Å². The lowest BCUT2D eigenvalue weighted by Crippen LogP contribution is -1.84. The van der Waals surface area contributed by atoms with Gasteiger partial charge in [0.2, 0.25) is 0 Å². The molecule has 0 aliphatic carbocycles. The van der Waals surface area contributed by atoms with Crippen LogP contribution in [0, 0.1) is 11.3 Å². The minimum Gasteiger partial charge on any atom is -0.256 e. The number of aliphatic imine (C=N–C) groups is 1. The Kier molecular flexibility index (Phi) is 3.63. The average molecular weight is 292 g/mol. The topological polar surface area (TPSA) is 49.0 Å². The Bertz CT molecular complexity index is 879. The van der Waals surface area contributed by atoms with Crippen molar-refractivity contribution in [1.82, 2.24) is 4.98 Å². The standard InChI is InChI=1S/C17H10ClN3/c18-15-5-4-14(10-19)17(9-15)21-11-12-3-6-16-13(8-12)2-1-7-20-16/h1-9,11H. The van der Waals surface area contributed by atoms with Gasteiger partial charge in [-0.1, -0.05) is 23.7 Å². The Morgan fingerprint density at radius 3 is 2.90 bits per heavy atom. The van der Waals surface area contributed by atoms with Gasteiger partial charge < -0.3 is 0 Å². The molecule has 0 N–H and O–H groups in total. The molecule has 0 aliphatic rings. The van der Waals surface area contributed by atoms with Crippen molar-refractivity contribution in [3.05, 3.63) is 70.9 Å². The third-order valence-corrected chi connectivity index (χ3v) is 3.30. The summed E-state index contributed by atoms with van der Waals surface area (Å²) in [6.07, 6.45) is 3.49. The van der Waals surface area contributed by atoms with Gasteiger partial charge in [0.25, 0.3) is 0 Å². The van der Waals surface area contributed by atoms with E-state index in [0.29, 0.717) is 16.3 Å². The fraction of sp³-hybridized carbons (Fsp3) is 0. The van der Waals surface area contributed by atoms with Crippen LogP contribution in [0.3, 0.4) is 0 Å². The van der Waals surface area contributed by atoms with Crippen LogP contribution in [0.25, 0.3) is 10.9 Å². The third kappa shape index (κ3) is 2.91. The molecule has 1 aromatic heterocycles. The van der Waals surface area contributed by atoms with Gasteiger partial charge in [-0.2, -0.15) is 5.26 Å². The van der Waals surface area contributed by atoms with Crippen molar-refractivity contribution in [2.45, 2.75) is 0 Å². The minimum atomic E-state index is 0.498. The second-order valence-corrected chi connectivity index (χ2v) is 4.92. The third-order valence-electron chi connectivity index (χ3n) is 3.06. The Balaban J connectivity index is 1.98. The van der Waals surface area contributed by atoms with E-state index in [0.717, 1.165) is 16.5 Å². The molecule has 3 rings (SSSR count). The number of pyridine rings is 1. The van der Waals surface area contributed by atoms with Gasteiger partial charge in [-0.3, -0.25) is 9.98 Å². The number of nitriles is 1. The quantitative estimate of drug-likeness (QED) is 0.652. The first-order valence-electron chi connectivity index (χ1n) is 6.35. The first-order valence-corrected chi connectivity index (χ1v) is 6.72.